The van der Waals surface area contributed by atoms with Crippen LogP contribution in [0.25, 0.3) is 0 Å². The molecule has 50 heavy (non-hydrogen) atoms. The quantitative estimate of drug-likeness (QED) is 0.203. The van der Waals surface area contributed by atoms with Crippen molar-refractivity contribution in [2.45, 2.75) is 129 Å². The van der Waals surface area contributed by atoms with Crippen molar-refractivity contribution in [3.63, 3.8) is 0 Å². The van der Waals surface area contributed by atoms with E-state index < -0.39 is 24.1 Å². The third kappa shape index (κ3) is 6.43. The van der Waals surface area contributed by atoms with Crippen LogP contribution < -0.4 is 0 Å². The van der Waals surface area contributed by atoms with Crippen LogP contribution >= 0.6 is 0 Å². The minimum atomic E-state index is -0.734. The van der Waals surface area contributed by atoms with Crippen LogP contribution in [0.5, 0.6) is 0 Å². The van der Waals surface area contributed by atoms with E-state index in [1.54, 1.807) is 24.3 Å². The van der Waals surface area contributed by atoms with E-state index in [0.29, 0.717) is 11.1 Å². The van der Waals surface area contributed by atoms with E-state index in [2.05, 4.69) is 107 Å². The molecule has 4 heteroatoms. The molecule has 0 saturated heterocycles. The molecule has 2 bridgehead atoms. The van der Waals surface area contributed by atoms with Crippen LogP contribution in [0.3, 0.4) is 0 Å². The number of fused-ring (bicyclic) bond motifs is 1. The molecule has 3 aliphatic carbocycles. The number of ether oxygens (including phenoxy) is 2. The summed E-state index contributed by atoms with van der Waals surface area (Å²) in [4.78, 5) is 28.0. The molecule has 0 saturated carbocycles. The zero-order valence-electron chi connectivity index (χ0n) is 32.0. The lowest BCUT2D eigenvalue weighted by atomic mass is 9.57. The number of benzene rings is 4. The van der Waals surface area contributed by atoms with E-state index in [4.69, 9.17) is 9.47 Å². The number of carbonyl (C=O) groups is 2. The lowest BCUT2D eigenvalue weighted by molar-refractivity contribution is -0.0558. The molecule has 0 fully saturated rings. The van der Waals surface area contributed by atoms with Gasteiger partial charge in [0.15, 0.2) is 12.2 Å². The number of esters is 2. The first-order chi connectivity index (χ1) is 23.2. The number of rotatable bonds is 4. The molecule has 4 nitrogen and oxygen atoms in total. The third-order valence-corrected chi connectivity index (χ3v) is 10.5. The van der Waals surface area contributed by atoms with Crippen molar-refractivity contribution >= 4 is 11.9 Å². The van der Waals surface area contributed by atoms with Gasteiger partial charge in [-0.2, -0.15) is 0 Å². The first-order valence-electron chi connectivity index (χ1n) is 18.1. The monoisotopic (exact) mass is 670 g/mol. The maximum absolute atomic E-state index is 14.0. The molecule has 0 amide bonds. The van der Waals surface area contributed by atoms with Crippen LogP contribution in [0.15, 0.2) is 84.9 Å². The normalized spacial score (nSPS) is 20.2. The van der Waals surface area contributed by atoms with Crippen molar-refractivity contribution in [3.8, 4) is 0 Å². The predicted molar refractivity (Wildman–Crippen MR) is 203 cm³/mol. The Hall–Kier alpha value is -4.18. The van der Waals surface area contributed by atoms with Crippen LogP contribution in [0.2, 0.25) is 0 Å². The average molecular weight is 671 g/mol. The van der Waals surface area contributed by atoms with E-state index >= 15 is 0 Å². The molecule has 2 unspecified atom stereocenters. The fraction of sp³-hybridized carbons (Fsp3) is 0.435. The van der Waals surface area contributed by atoms with Gasteiger partial charge in [-0.05, 0) is 90.4 Å². The van der Waals surface area contributed by atoms with Gasteiger partial charge in [0.1, 0.15) is 0 Å². The molecule has 4 aromatic rings. The Morgan fingerprint density at radius 3 is 0.880 bits per heavy atom. The van der Waals surface area contributed by atoms with Crippen molar-refractivity contribution in [1.29, 1.82) is 0 Å². The van der Waals surface area contributed by atoms with E-state index in [9.17, 15) is 9.59 Å². The minimum Gasteiger partial charge on any atom is -0.454 e. The van der Waals surface area contributed by atoms with Gasteiger partial charge >= 0.3 is 11.9 Å². The summed E-state index contributed by atoms with van der Waals surface area (Å²) in [5.74, 6) is -1.51. The molecule has 0 aromatic heterocycles. The summed E-state index contributed by atoms with van der Waals surface area (Å²) in [6, 6.07) is 27.8. The lowest BCUT2D eigenvalue weighted by Crippen LogP contribution is -2.52. The second-order valence-electron chi connectivity index (χ2n) is 18.5. The standard InChI is InChI=1S/C46H54O4/c1-43(2,3)33-23-29-30(24-34(33)44(4,5)6)38-32-26-36(46(10,11)12)35(45(7,8)9)25-31(32)37(29)39(49-41(47)27-19-15-13-16-20-27)40(38)50-42(48)28-21-17-14-18-22-28/h13-26,37-40H,1-12H3/t37-,38-,39?,40?. The summed E-state index contributed by atoms with van der Waals surface area (Å²) < 4.78 is 13.2. The highest BCUT2D eigenvalue weighted by Gasteiger charge is 2.55. The van der Waals surface area contributed by atoms with Gasteiger partial charge in [0.2, 0.25) is 0 Å². The van der Waals surface area contributed by atoms with Crippen LogP contribution in [0, 0.1) is 0 Å². The fourth-order valence-corrected chi connectivity index (χ4v) is 8.05. The van der Waals surface area contributed by atoms with Crippen molar-refractivity contribution in [2.75, 3.05) is 0 Å². The zero-order valence-corrected chi connectivity index (χ0v) is 32.0. The molecule has 7 rings (SSSR count). The molecule has 2 atom stereocenters. The Bertz CT molecular complexity index is 1700. The van der Waals surface area contributed by atoms with Gasteiger partial charge in [-0.1, -0.05) is 144 Å². The van der Waals surface area contributed by atoms with Crippen molar-refractivity contribution < 1.29 is 19.1 Å². The average Bonchev–Trinajstić information content (AvgIpc) is 3.03. The van der Waals surface area contributed by atoms with Gasteiger partial charge in [-0.15, -0.1) is 0 Å². The second-order valence-corrected chi connectivity index (χ2v) is 18.5. The highest BCUT2D eigenvalue weighted by Crippen LogP contribution is 2.58. The molecule has 0 aliphatic heterocycles. The van der Waals surface area contributed by atoms with E-state index in [1.807, 2.05) is 36.4 Å². The first kappa shape index (κ1) is 35.6. The summed E-state index contributed by atoms with van der Waals surface area (Å²) in [6.45, 7) is 27.2. The van der Waals surface area contributed by atoms with Crippen molar-refractivity contribution in [1.82, 2.24) is 0 Å². The summed E-state index contributed by atoms with van der Waals surface area (Å²) in [7, 11) is 0. The Labute approximate surface area is 299 Å². The van der Waals surface area contributed by atoms with Gasteiger partial charge in [0.05, 0.1) is 23.0 Å². The highest BCUT2D eigenvalue weighted by atomic mass is 16.6. The second kappa shape index (κ2) is 12.2. The summed E-state index contributed by atoms with van der Waals surface area (Å²) in [5.41, 5.74) is 10.2. The number of carbonyl (C=O) groups excluding carboxylic acids is 2. The van der Waals surface area contributed by atoms with E-state index in [-0.39, 0.29) is 33.5 Å². The first-order valence-corrected chi connectivity index (χ1v) is 18.1. The Kier molecular flexibility index (Phi) is 8.73. The summed E-state index contributed by atoms with van der Waals surface area (Å²) in [5, 5.41) is 0. The molecule has 0 spiro atoms. The van der Waals surface area contributed by atoms with Crippen LogP contribution in [-0.4, -0.2) is 24.1 Å². The summed E-state index contributed by atoms with van der Waals surface area (Å²) >= 11 is 0. The molecule has 0 N–H and O–H groups in total. The molecule has 4 aromatic carbocycles. The van der Waals surface area contributed by atoms with E-state index in [1.165, 1.54) is 22.3 Å². The third-order valence-electron chi connectivity index (χ3n) is 10.5. The minimum absolute atomic E-state index is 0.126. The Morgan fingerprint density at radius 1 is 0.420 bits per heavy atom. The van der Waals surface area contributed by atoms with Gasteiger partial charge < -0.3 is 9.47 Å². The Morgan fingerprint density at radius 2 is 0.660 bits per heavy atom. The van der Waals surface area contributed by atoms with Crippen LogP contribution in [-0.2, 0) is 31.1 Å². The molecule has 3 aliphatic rings. The van der Waals surface area contributed by atoms with Gasteiger partial charge in [0.25, 0.3) is 0 Å². The predicted octanol–water partition coefficient (Wildman–Crippen LogP) is 10.9. The molecular formula is C46H54O4. The lowest BCUT2D eigenvalue weighted by Gasteiger charge is -2.51. The topological polar surface area (TPSA) is 52.6 Å². The molecule has 0 radical (unpaired) electrons. The summed E-state index contributed by atoms with van der Waals surface area (Å²) in [6.07, 6.45) is -1.47. The number of hydrogen-bond donors (Lipinski definition) is 0. The van der Waals surface area contributed by atoms with Crippen molar-refractivity contribution in [3.05, 3.63) is 141 Å². The fourth-order valence-electron chi connectivity index (χ4n) is 8.05. The smallest absolute Gasteiger partial charge is 0.338 e. The SMILES string of the molecule is CC(C)(C)c1cc2c(cc1C(C)(C)C)[C@H]1c3cc(C(C)(C)C)c(C(C)(C)C)cc3[C@H]2C(OC(=O)c2ccccc2)C1OC(=O)c1ccccc1. The van der Waals surface area contributed by atoms with Gasteiger partial charge in [-0.25, -0.2) is 9.59 Å². The number of hydrogen-bond acceptors (Lipinski definition) is 4. The zero-order chi connectivity index (χ0) is 36.6. The van der Waals surface area contributed by atoms with Crippen molar-refractivity contribution in [2.24, 2.45) is 0 Å². The van der Waals surface area contributed by atoms with E-state index in [0.717, 1.165) is 22.3 Å². The largest absolute Gasteiger partial charge is 0.454 e. The van der Waals surface area contributed by atoms with Gasteiger partial charge in [0, 0.05) is 0 Å². The van der Waals surface area contributed by atoms with Crippen LogP contribution in [0.4, 0.5) is 0 Å². The van der Waals surface area contributed by atoms with Gasteiger partial charge in [-0.3, -0.25) is 0 Å². The molecular weight excluding hydrogens is 617 g/mol. The molecule has 262 valence electrons. The maximum atomic E-state index is 14.0. The highest BCUT2D eigenvalue weighted by molar-refractivity contribution is 5.91. The van der Waals surface area contributed by atoms with Crippen LogP contribution in [0.1, 0.15) is 160 Å². The molecule has 0 heterocycles. The maximum Gasteiger partial charge on any atom is 0.338 e. The Balaban J connectivity index is 1.67.